The van der Waals surface area contributed by atoms with Crippen molar-refractivity contribution in [1.82, 2.24) is 14.8 Å². The predicted molar refractivity (Wildman–Crippen MR) is 84.3 cm³/mol. The van der Waals surface area contributed by atoms with Crippen LogP contribution in [-0.2, 0) is 11.2 Å². The summed E-state index contributed by atoms with van der Waals surface area (Å²) in [6.45, 7) is 4.66. The zero-order chi connectivity index (χ0) is 15.0. The van der Waals surface area contributed by atoms with Crippen molar-refractivity contribution in [3.05, 3.63) is 40.4 Å². The molecule has 0 spiro atoms. The first kappa shape index (κ1) is 14.3. The van der Waals surface area contributed by atoms with Crippen molar-refractivity contribution in [2.75, 3.05) is 11.4 Å². The number of hydrogen-bond donors (Lipinski definition) is 0. The molecular formula is C15H17BrN4O. The van der Waals surface area contributed by atoms with Crippen molar-refractivity contribution in [2.45, 2.75) is 32.7 Å². The third kappa shape index (κ3) is 2.48. The van der Waals surface area contributed by atoms with E-state index in [-0.39, 0.29) is 11.9 Å². The molecule has 110 valence electrons. The molecule has 6 heteroatoms. The molecule has 0 saturated carbocycles. The van der Waals surface area contributed by atoms with E-state index in [9.17, 15) is 4.79 Å². The van der Waals surface area contributed by atoms with Gasteiger partial charge in [0, 0.05) is 11.0 Å². The Balaban J connectivity index is 1.99. The van der Waals surface area contributed by atoms with E-state index in [1.807, 2.05) is 11.8 Å². The second kappa shape index (κ2) is 5.60. The molecule has 1 aliphatic rings. The summed E-state index contributed by atoms with van der Waals surface area (Å²) in [6, 6.07) is 3.76. The quantitative estimate of drug-likeness (QED) is 0.838. The van der Waals surface area contributed by atoms with Gasteiger partial charge in [0.05, 0.1) is 5.69 Å². The van der Waals surface area contributed by atoms with Crippen molar-refractivity contribution in [2.24, 2.45) is 0 Å². The average molecular weight is 349 g/mol. The molecule has 5 nitrogen and oxygen atoms in total. The van der Waals surface area contributed by atoms with Gasteiger partial charge in [-0.2, -0.15) is 5.10 Å². The number of nitrogens with zero attached hydrogens (tertiary/aromatic N) is 4. The lowest BCUT2D eigenvalue weighted by Gasteiger charge is -2.33. The number of aryl methyl sites for hydroxylation is 1. The van der Waals surface area contributed by atoms with E-state index < -0.39 is 0 Å². The number of halogens is 1. The topological polar surface area (TPSA) is 51.0 Å². The number of hydrogen-bond acceptors (Lipinski definition) is 3. The van der Waals surface area contributed by atoms with Crippen LogP contribution in [0.15, 0.2) is 29.3 Å². The molecule has 1 amide bonds. The normalized spacial score (nSPS) is 15.7. The van der Waals surface area contributed by atoms with Gasteiger partial charge in [-0.1, -0.05) is 22.0 Å². The molecule has 0 bridgehead atoms. The lowest BCUT2D eigenvalue weighted by Crippen LogP contribution is -2.40. The highest BCUT2D eigenvalue weighted by atomic mass is 79.9. The number of benzene rings is 1. The van der Waals surface area contributed by atoms with Crippen LogP contribution in [0.3, 0.4) is 0 Å². The van der Waals surface area contributed by atoms with Crippen LogP contribution < -0.4 is 4.90 Å². The van der Waals surface area contributed by atoms with Gasteiger partial charge in [0.25, 0.3) is 5.91 Å². The lowest BCUT2D eigenvalue weighted by molar-refractivity contribution is -0.121. The van der Waals surface area contributed by atoms with Gasteiger partial charge in [0.1, 0.15) is 18.7 Å². The van der Waals surface area contributed by atoms with Crippen LogP contribution in [0.4, 0.5) is 5.69 Å². The molecule has 0 fully saturated rings. The Morgan fingerprint density at radius 2 is 2.24 bits per heavy atom. The van der Waals surface area contributed by atoms with E-state index in [2.05, 4.69) is 45.1 Å². The van der Waals surface area contributed by atoms with Crippen molar-refractivity contribution in [3.63, 3.8) is 0 Å². The maximum atomic E-state index is 12.8. The smallest absolute Gasteiger partial charge is 0.251 e. The number of amides is 1. The maximum Gasteiger partial charge on any atom is 0.251 e. The molecule has 0 unspecified atom stereocenters. The number of carbonyl (C=O) groups excluding carboxylic acids is 1. The first-order valence-electron chi connectivity index (χ1n) is 7.03. The highest BCUT2D eigenvalue weighted by Gasteiger charge is 2.29. The first-order chi connectivity index (χ1) is 10.1. The van der Waals surface area contributed by atoms with E-state index in [4.69, 9.17) is 0 Å². The van der Waals surface area contributed by atoms with Crippen LogP contribution in [0.1, 0.15) is 30.5 Å². The minimum atomic E-state index is -0.350. The molecule has 0 radical (unpaired) electrons. The monoisotopic (exact) mass is 348 g/mol. The second-order valence-corrected chi connectivity index (χ2v) is 6.19. The molecular weight excluding hydrogens is 332 g/mol. The van der Waals surface area contributed by atoms with Crippen LogP contribution in [0.2, 0.25) is 0 Å². The summed E-state index contributed by atoms with van der Waals surface area (Å²) in [5, 5.41) is 4.08. The van der Waals surface area contributed by atoms with E-state index in [1.165, 1.54) is 11.9 Å². The molecule has 2 heterocycles. The van der Waals surface area contributed by atoms with E-state index in [1.54, 1.807) is 11.0 Å². The van der Waals surface area contributed by atoms with E-state index in [0.717, 1.165) is 35.1 Å². The molecule has 1 aromatic carbocycles. The van der Waals surface area contributed by atoms with Crippen LogP contribution in [0.25, 0.3) is 0 Å². The highest BCUT2D eigenvalue weighted by molar-refractivity contribution is 9.10. The van der Waals surface area contributed by atoms with Crippen LogP contribution in [0.5, 0.6) is 0 Å². The summed E-state index contributed by atoms with van der Waals surface area (Å²) >= 11 is 3.60. The molecule has 0 N–H and O–H groups in total. The van der Waals surface area contributed by atoms with Crippen molar-refractivity contribution in [3.8, 4) is 0 Å². The highest BCUT2D eigenvalue weighted by Crippen LogP contribution is 2.36. The Labute approximate surface area is 132 Å². The Morgan fingerprint density at radius 3 is 2.95 bits per heavy atom. The van der Waals surface area contributed by atoms with Crippen LogP contribution >= 0.6 is 15.9 Å². The molecule has 3 rings (SSSR count). The fourth-order valence-electron chi connectivity index (χ4n) is 2.84. The number of aromatic nitrogens is 3. The summed E-state index contributed by atoms with van der Waals surface area (Å²) in [5.41, 5.74) is 3.40. The molecule has 2 aromatic rings. The Kier molecular flexibility index (Phi) is 3.80. The standard InChI is InChI=1S/C15H17BrN4O/c1-10-5-6-13(16)12-4-3-7-19(14(10)12)15(21)11(2)20-9-17-8-18-20/h5-6,8-9,11H,3-4,7H2,1-2H3/t11-/m1/s1. The lowest BCUT2D eigenvalue weighted by atomic mass is 9.97. The van der Waals surface area contributed by atoms with Crippen molar-refractivity contribution < 1.29 is 4.79 Å². The van der Waals surface area contributed by atoms with Gasteiger partial charge < -0.3 is 4.90 Å². The molecule has 21 heavy (non-hydrogen) atoms. The molecule has 1 aromatic heterocycles. The summed E-state index contributed by atoms with van der Waals surface area (Å²) in [5.74, 6) is 0.0580. The summed E-state index contributed by atoms with van der Waals surface area (Å²) < 4.78 is 2.68. The fraction of sp³-hybridized carbons (Fsp3) is 0.400. The summed E-state index contributed by atoms with van der Waals surface area (Å²) in [4.78, 5) is 18.7. The molecule has 0 saturated heterocycles. The van der Waals surface area contributed by atoms with E-state index >= 15 is 0 Å². The van der Waals surface area contributed by atoms with Gasteiger partial charge >= 0.3 is 0 Å². The third-order valence-electron chi connectivity index (χ3n) is 3.96. The van der Waals surface area contributed by atoms with Crippen LogP contribution in [0, 0.1) is 6.92 Å². The van der Waals surface area contributed by atoms with Gasteiger partial charge in [0.15, 0.2) is 0 Å². The zero-order valence-electron chi connectivity index (χ0n) is 12.1. The Bertz CT molecular complexity index is 669. The Hall–Kier alpha value is -1.69. The maximum absolute atomic E-state index is 12.8. The Morgan fingerprint density at radius 1 is 1.43 bits per heavy atom. The van der Waals surface area contributed by atoms with Gasteiger partial charge in [-0.05, 0) is 43.9 Å². The van der Waals surface area contributed by atoms with E-state index in [0.29, 0.717) is 0 Å². The summed E-state index contributed by atoms with van der Waals surface area (Å²) in [6.07, 6.45) is 5.01. The molecule has 1 atom stereocenters. The first-order valence-corrected chi connectivity index (χ1v) is 7.82. The fourth-order valence-corrected chi connectivity index (χ4v) is 3.36. The van der Waals surface area contributed by atoms with Crippen molar-refractivity contribution in [1.29, 1.82) is 0 Å². The predicted octanol–water partition coefficient (Wildman–Crippen LogP) is 2.89. The van der Waals surface area contributed by atoms with Crippen molar-refractivity contribution >= 4 is 27.5 Å². The van der Waals surface area contributed by atoms with Gasteiger partial charge in [0.2, 0.25) is 0 Å². The van der Waals surface area contributed by atoms with Gasteiger partial charge in [-0.25, -0.2) is 9.67 Å². The minimum absolute atomic E-state index is 0.0580. The number of carbonyl (C=O) groups is 1. The molecule has 1 aliphatic heterocycles. The summed E-state index contributed by atoms with van der Waals surface area (Å²) in [7, 11) is 0. The number of fused-ring (bicyclic) bond motifs is 1. The van der Waals surface area contributed by atoms with Gasteiger partial charge in [-0.15, -0.1) is 0 Å². The largest absolute Gasteiger partial charge is 0.310 e. The zero-order valence-corrected chi connectivity index (χ0v) is 13.7. The van der Waals surface area contributed by atoms with Crippen LogP contribution in [-0.4, -0.2) is 27.2 Å². The number of rotatable bonds is 2. The number of anilines is 1. The SMILES string of the molecule is Cc1ccc(Br)c2c1N(C(=O)[C@@H](C)n1cncn1)CCC2. The molecule has 0 aliphatic carbocycles. The average Bonchev–Trinajstić information content (AvgIpc) is 3.03. The van der Waals surface area contributed by atoms with Gasteiger partial charge in [-0.3, -0.25) is 4.79 Å². The minimum Gasteiger partial charge on any atom is -0.310 e. The third-order valence-corrected chi connectivity index (χ3v) is 4.71. The second-order valence-electron chi connectivity index (χ2n) is 5.34.